The molecule has 126 valence electrons. The summed E-state index contributed by atoms with van der Waals surface area (Å²) in [5.74, 6) is 0.950. The molecule has 1 aliphatic heterocycles. The van der Waals surface area contributed by atoms with Gasteiger partial charge >= 0.3 is 0 Å². The molecule has 0 aromatic rings. The summed E-state index contributed by atoms with van der Waals surface area (Å²) < 4.78 is 28.6. The standard InChI is InChI=1S/C15H33N3O2S/c1-6-17(12-13(2)3)21(19,20)18-9-7-15(8-10-18)11-16-14(4)5/h13-16H,6-12H2,1-5H3. The zero-order chi connectivity index (χ0) is 16.0. The SMILES string of the molecule is CCN(CC(C)C)S(=O)(=O)N1CCC(CNC(C)C)CC1. The summed E-state index contributed by atoms with van der Waals surface area (Å²) in [4.78, 5) is 0. The first-order valence-electron chi connectivity index (χ1n) is 8.26. The lowest BCUT2D eigenvalue weighted by molar-refractivity contribution is 0.244. The van der Waals surface area contributed by atoms with Crippen LogP contribution in [0.2, 0.25) is 0 Å². The normalized spacial score (nSPS) is 19.0. The zero-order valence-electron chi connectivity index (χ0n) is 14.3. The Morgan fingerprint density at radius 1 is 1.19 bits per heavy atom. The molecule has 0 unspecified atom stereocenters. The van der Waals surface area contributed by atoms with Crippen LogP contribution >= 0.6 is 0 Å². The van der Waals surface area contributed by atoms with Crippen LogP contribution in [0.5, 0.6) is 0 Å². The largest absolute Gasteiger partial charge is 0.314 e. The van der Waals surface area contributed by atoms with Crippen LogP contribution in [0.25, 0.3) is 0 Å². The molecule has 1 rings (SSSR count). The highest BCUT2D eigenvalue weighted by atomic mass is 32.2. The topological polar surface area (TPSA) is 52.7 Å². The highest BCUT2D eigenvalue weighted by molar-refractivity contribution is 7.86. The Morgan fingerprint density at radius 2 is 1.76 bits per heavy atom. The number of nitrogens with zero attached hydrogens (tertiary/aromatic N) is 2. The molecule has 1 saturated heterocycles. The molecule has 5 nitrogen and oxygen atoms in total. The van der Waals surface area contributed by atoms with Gasteiger partial charge in [-0.3, -0.25) is 0 Å². The Hall–Kier alpha value is -0.170. The van der Waals surface area contributed by atoms with Crippen molar-refractivity contribution in [3.05, 3.63) is 0 Å². The van der Waals surface area contributed by atoms with Crippen molar-refractivity contribution < 1.29 is 8.42 Å². The van der Waals surface area contributed by atoms with Gasteiger partial charge in [0.2, 0.25) is 0 Å². The Bertz CT molecular complexity index is 388. The molecular formula is C15H33N3O2S. The van der Waals surface area contributed by atoms with Gasteiger partial charge in [-0.15, -0.1) is 0 Å². The second kappa shape index (κ2) is 8.46. The van der Waals surface area contributed by atoms with Crippen LogP contribution in [0.3, 0.4) is 0 Å². The average molecular weight is 320 g/mol. The molecule has 1 heterocycles. The highest BCUT2D eigenvalue weighted by Gasteiger charge is 2.32. The van der Waals surface area contributed by atoms with E-state index in [1.165, 1.54) is 0 Å². The quantitative estimate of drug-likeness (QED) is 0.743. The van der Waals surface area contributed by atoms with Crippen LogP contribution < -0.4 is 5.32 Å². The van der Waals surface area contributed by atoms with Crippen LogP contribution in [0.15, 0.2) is 0 Å². The molecule has 0 aromatic heterocycles. The van der Waals surface area contributed by atoms with Crippen LogP contribution in [-0.2, 0) is 10.2 Å². The van der Waals surface area contributed by atoms with E-state index in [1.54, 1.807) is 8.61 Å². The Labute approximate surface area is 131 Å². The van der Waals surface area contributed by atoms with Crippen molar-refractivity contribution in [2.45, 2.75) is 53.5 Å². The fourth-order valence-electron chi connectivity index (χ4n) is 2.70. The third-order valence-electron chi connectivity index (χ3n) is 3.96. The molecule has 0 atom stereocenters. The number of nitrogens with one attached hydrogen (secondary N) is 1. The number of rotatable bonds is 8. The predicted octanol–water partition coefficient (Wildman–Crippen LogP) is 1.92. The minimum absolute atomic E-state index is 0.354. The summed E-state index contributed by atoms with van der Waals surface area (Å²) in [6.45, 7) is 13.8. The average Bonchev–Trinajstić information content (AvgIpc) is 2.42. The molecule has 1 fully saturated rings. The van der Waals surface area contributed by atoms with Crippen LogP contribution in [0.1, 0.15) is 47.5 Å². The first-order chi connectivity index (χ1) is 9.77. The van der Waals surface area contributed by atoms with Crippen molar-refractivity contribution in [3.63, 3.8) is 0 Å². The maximum atomic E-state index is 12.7. The van der Waals surface area contributed by atoms with Gasteiger partial charge in [0.15, 0.2) is 0 Å². The minimum Gasteiger partial charge on any atom is -0.314 e. The van der Waals surface area contributed by atoms with Crippen molar-refractivity contribution >= 4 is 10.2 Å². The maximum Gasteiger partial charge on any atom is 0.281 e. The molecule has 0 saturated carbocycles. The van der Waals surface area contributed by atoms with Crippen molar-refractivity contribution in [1.29, 1.82) is 0 Å². The second-order valence-electron chi connectivity index (χ2n) is 6.76. The lowest BCUT2D eigenvalue weighted by Crippen LogP contribution is -2.49. The summed E-state index contributed by atoms with van der Waals surface area (Å²) in [5, 5.41) is 3.45. The van der Waals surface area contributed by atoms with E-state index in [9.17, 15) is 8.42 Å². The number of hydrogen-bond acceptors (Lipinski definition) is 3. The molecule has 0 spiro atoms. The molecule has 21 heavy (non-hydrogen) atoms. The highest BCUT2D eigenvalue weighted by Crippen LogP contribution is 2.21. The zero-order valence-corrected chi connectivity index (χ0v) is 15.1. The molecule has 6 heteroatoms. The Kier molecular flexibility index (Phi) is 7.60. The van der Waals surface area contributed by atoms with E-state index in [0.29, 0.717) is 44.1 Å². The summed E-state index contributed by atoms with van der Waals surface area (Å²) in [6.07, 6.45) is 1.91. The van der Waals surface area contributed by atoms with E-state index in [4.69, 9.17) is 0 Å². The van der Waals surface area contributed by atoms with E-state index in [1.807, 2.05) is 6.92 Å². The lowest BCUT2D eigenvalue weighted by atomic mass is 9.98. The predicted molar refractivity (Wildman–Crippen MR) is 88.4 cm³/mol. The van der Waals surface area contributed by atoms with Crippen molar-refractivity contribution in [3.8, 4) is 0 Å². The van der Waals surface area contributed by atoms with Crippen LogP contribution in [0.4, 0.5) is 0 Å². The molecule has 0 aromatic carbocycles. The first-order valence-corrected chi connectivity index (χ1v) is 9.65. The smallest absolute Gasteiger partial charge is 0.281 e. The van der Waals surface area contributed by atoms with Crippen molar-refractivity contribution in [2.75, 3.05) is 32.7 Å². The fourth-order valence-corrected chi connectivity index (χ4v) is 4.52. The summed E-state index contributed by atoms with van der Waals surface area (Å²) in [6, 6.07) is 0.494. The summed E-state index contributed by atoms with van der Waals surface area (Å²) in [7, 11) is -3.28. The minimum atomic E-state index is -3.28. The summed E-state index contributed by atoms with van der Waals surface area (Å²) >= 11 is 0. The van der Waals surface area contributed by atoms with Gasteiger partial charge < -0.3 is 5.32 Å². The molecular weight excluding hydrogens is 286 g/mol. The van der Waals surface area contributed by atoms with Gasteiger partial charge in [-0.25, -0.2) is 0 Å². The molecule has 0 amide bonds. The van der Waals surface area contributed by atoms with E-state index in [2.05, 4.69) is 33.0 Å². The van der Waals surface area contributed by atoms with E-state index in [0.717, 1.165) is 19.4 Å². The lowest BCUT2D eigenvalue weighted by Gasteiger charge is -2.35. The van der Waals surface area contributed by atoms with Crippen molar-refractivity contribution in [1.82, 2.24) is 13.9 Å². The van der Waals surface area contributed by atoms with Crippen molar-refractivity contribution in [2.24, 2.45) is 11.8 Å². The third kappa shape index (κ3) is 5.85. The second-order valence-corrected chi connectivity index (χ2v) is 8.69. The maximum absolute atomic E-state index is 12.7. The van der Waals surface area contributed by atoms with Gasteiger partial charge in [0.1, 0.15) is 0 Å². The van der Waals surface area contributed by atoms with Gasteiger partial charge in [-0.05, 0) is 31.2 Å². The molecule has 1 aliphatic rings. The van der Waals surface area contributed by atoms with Crippen LogP contribution in [-0.4, -0.2) is 55.8 Å². The van der Waals surface area contributed by atoms with E-state index in [-0.39, 0.29) is 0 Å². The number of hydrogen-bond donors (Lipinski definition) is 1. The van der Waals surface area contributed by atoms with E-state index >= 15 is 0 Å². The van der Waals surface area contributed by atoms with E-state index < -0.39 is 10.2 Å². The Morgan fingerprint density at radius 3 is 2.19 bits per heavy atom. The molecule has 0 bridgehead atoms. The Balaban J connectivity index is 2.55. The van der Waals surface area contributed by atoms with Gasteiger partial charge in [0, 0.05) is 32.2 Å². The van der Waals surface area contributed by atoms with Crippen LogP contribution in [0, 0.1) is 11.8 Å². The fraction of sp³-hybridized carbons (Fsp3) is 1.00. The third-order valence-corrected chi connectivity index (χ3v) is 6.04. The van der Waals surface area contributed by atoms with Gasteiger partial charge in [-0.1, -0.05) is 34.6 Å². The molecule has 1 N–H and O–H groups in total. The number of piperidine rings is 1. The molecule has 0 radical (unpaired) electrons. The summed E-state index contributed by atoms with van der Waals surface area (Å²) in [5.41, 5.74) is 0. The van der Waals surface area contributed by atoms with Gasteiger partial charge in [0.25, 0.3) is 10.2 Å². The van der Waals surface area contributed by atoms with Gasteiger partial charge in [0.05, 0.1) is 0 Å². The monoisotopic (exact) mass is 319 g/mol. The van der Waals surface area contributed by atoms with Gasteiger partial charge in [-0.2, -0.15) is 17.0 Å². The first kappa shape index (κ1) is 18.9. The molecule has 0 aliphatic carbocycles.